The Hall–Kier alpha value is -0.530. The molecule has 0 spiro atoms. The summed E-state index contributed by atoms with van der Waals surface area (Å²) in [5, 5.41) is 8.36. The summed E-state index contributed by atoms with van der Waals surface area (Å²) in [6.07, 6.45) is -1.24. The van der Waals surface area contributed by atoms with Crippen LogP contribution in [0.25, 0.3) is 0 Å². The third-order valence-corrected chi connectivity index (χ3v) is 0.328. The van der Waals surface area contributed by atoms with Gasteiger partial charge in [-0.3, -0.25) is 4.79 Å². The minimum Gasteiger partial charge on any atom is -0.481 e. The Morgan fingerprint density at radius 3 is 2.86 bits per heavy atom. The van der Waals surface area contributed by atoms with Gasteiger partial charge in [0.25, 0.3) is 0 Å². The van der Waals surface area contributed by atoms with Crippen LogP contribution in [0.4, 0.5) is 0 Å². The maximum Gasteiger partial charge on any atom is 0.303 e. The van der Waals surface area contributed by atoms with E-state index in [1.54, 1.807) is 0 Å². The molecule has 0 unspecified atom stereocenters. The first kappa shape index (κ1) is 1.24. The average Bonchev–Trinajstić information content (AvgIpc) is 1.79. The van der Waals surface area contributed by atoms with Crippen LogP contribution in [-0.2, 0) is 4.79 Å². The van der Waals surface area contributed by atoms with E-state index in [0.29, 0.717) is 0 Å². The van der Waals surface area contributed by atoms with Gasteiger partial charge in [-0.2, -0.15) is 0 Å². The van der Waals surface area contributed by atoms with E-state index >= 15 is 0 Å². The topological polar surface area (TPSA) is 37.3 Å². The van der Waals surface area contributed by atoms with Gasteiger partial charge in [0.1, 0.15) is 0 Å². The quantitative estimate of drug-likeness (QED) is 0.577. The number of aliphatic carboxylic acids is 1. The Morgan fingerprint density at radius 2 is 2.71 bits per heavy atom. The second-order valence-electron chi connectivity index (χ2n) is 1.05. The van der Waals surface area contributed by atoms with E-state index in [9.17, 15) is 4.79 Å². The minimum absolute atomic E-state index is 1.24. The van der Waals surface area contributed by atoms with Gasteiger partial charge in [0.15, 0.2) is 0 Å². The van der Waals surface area contributed by atoms with E-state index in [-0.39, 0.29) is 0 Å². The lowest BCUT2D eigenvalue weighted by Crippen LogP contribution is -1.99. The molecule has 2 heteroatoms. The summed E-state index contributed by atoms with van der Waals surface area (Å²) in [7, 11) is 0. The van der Waals surface area contributed by atoms with Crippen LogP contribution >= 0.6 is 0 Å². The molecule has 0 heterocycles. The predicted octanol–water partition coefficient (Wildman–Crippen LogP) is 1.12. The lowest BCUT2D eigenvalue weighted by molar-refractivity contribution is -0.137. The zero-order chi connectivity index (χ0) is 11.8. The summed E-state index contributed by atoms with van der Waals surface area (Å²) < 4.78 is 48.4. The minimum atomic E-state index is -3.16. The largest absolute Gasteiger partial charge is 0.481 e. The third kappa shape index (κ3) is 5.47. The van der Waals surface area contributed by atoms with Crippen molar-refractivity contribution in [3.63, 3.8) is 0 Å². The van der Waals surface area contributed by atoms with Crippen LogP contribution in [0.2, 0.25) is 0 Å². The number of carbonyl (C=O) groups is 1. The van der Waals surface area contributed by atoms with Crippen molar-refractivity contribution in [2.75, 3.05) is 0 Å². The van der Waals surface area contributed by atoms with Gasteiger partial charge in [-0.15, -0.1) is 0 Å². The Bertz CT molecular complexity index is 213. The summed E-state index contributed by atoms with van der Waals surface area (Å²) in [4.78, 5) is 10.3. The van der Waals surface area contributed by atoms with Crippen LogP contribution in [-0.4, -0.2) is 11.1 Å². The Kier molecular flexibility index (Phi) is 0.464. The van der Waals surface area contributed by atoms with Gasteiger partial charge in [-0.1, -0.05) is 13.7 Å². The summed E-state index contributed by atoms with van der Waals surface area (Å²) in [6, 6.07) is 0. The standard InChI is InChI=1S/C5H10O2/c1-4(2)3-5(6)7/h4H,3H2,1-2H3,(H,6,7)/i1D3,2D3,4D. The fraction of sp³-hybridized carbons (Fsp3) is 0.800. The Labute approximate surface area is 53.0 Å². The average molecular weight is 109 g/mol. The second-order valence-corrected chi connectivity index (χ2v) is 1.05. The summed E-state index contributed by atoms with van der Waals surface area (Å²) in [6.45, 7) is -6.31. The first-order valence-electron chi connectivity index (χ1n) is 5.13. The summed E-state index contributed by atoms with van der Waals surface area (Å²) in [5.41, 5.74) is 0. The van der Waals surface area contributed by atoms with Crippen LogP contribution in [0, 0.1) is 5.89 Å². The number of carboxylic acids is 1. The highest BCUT2D eigenvalue weighted by molar-refractivity contribution is 5.66. The molecule has 0 fully saturated rings. The molecule has 0 atom stereocenters. The fourth-order valence-corrected chi connectivity index (χ4v) is 0.151. The van der Waals surface area contributed by atoms with E-state index in [4.69, 9.17) is 14.7 Å². The molecule has 0 aliphatic rings. The van der Waals surface area contributed by atoms with E-state index in [0.717, 1.165) is 0 Å². The fourth-order valence-electron chi connectivity index (χ4n) is 0.151. The Morgan fingerprint density at radius 1 is 2.14 bits per heavy atom. The van der Waals surface area contributed by atoms with Gasteiger partial charge < -0.3 is 5.11 Å². The predicted molar refractivity (Wildman–Crippen MR) is 27.1 cm³/mol. The molecule has 0 aromatic heterocycles. The molecule has 2 nitrogen and oxygen atoms in total. The SMILES string of the molecule is [2H]C([2H])([2H])C([2H])(CC(=O)O)C([2H])([2H])[2H]. The number of rotatable bonds is 2. The van der Waals surface area contributed by atoms with Crippen LogP contribution in [0.3, 0.4) is 0 Å². The summed E-state index contributed by atoms with van der Waals surface area (Å²) in [5.74, 6) is -4.57. The van der Waals surface area contributed by atoms with Gasteiger partial charge in [-0.25, -0.2) is 0 Å². The Balaban J connectivity index is 5.18. The number of hydrogen-bond acceptors (Lipinski definition) is 1. The van der Waals surface area contributed by atoms with Crippen LogP contribution < -0.4 is 0 Å². The van der Waals surface area contributed by atoms with Gasteiger partial charge in [0, 0.05) is 16.0 Å². The first-order chi connectivity index (χ1) is 5.92. The summed E-state index contributed by atoms with van der Waals surface area (Å²) >= 11 is 0. The number of hydrogen-bond donors (Lipinski definition) is 1. The van der Waals surface area contributed by atoms with Crippen LogP contribution in [0.1, 0.15) is 29.7 Å². The molecule has 0 saturated carbocycles. The lowest BCUT2D eigenvalue weighted by atomic mass is 10.1. The van der Waals surface area contributed by atoms with Crippen molar-refractivity contribution in [3.8, 4) is 0 Å². The van der Waals surface area contributed by atoms with E-state index in [2.05, 4.69) is 0 Å². The molecular weight excluding hydrogens is 92.1 g/mol. The van der Waals surface area contributed by atoms with Crippen molar-refractivity contribution in [2.45, 2.75) is 20.1 Å². The molecule has 0 saturated heterocycles. The molecule has 0 bridgehead atoms. The van der Waals surface area contributed by atoms with E-state index in [1.807, 2.05) is 0 Å². The van der Waals surface area contributed by atoms with Crippen molar-refractivity contribution in [2.24, 2.45) is 5.89 Å². The van der Waals surface area contributed by atoms with Crippen molar-refractivity contribution in [1.82, 2.24) is 0 Å². The maximum atomic E-state index is 10.3. The number of carboxylic acid groups (broad SMARTS) is 1. The molecule has 0 radical (unpaired) electrons. The second kappa shape index (κ2) is 2.61. The molecular formula is C5H10O2. The first-order valence-corrected chi connectivity index (χ1v) is 1.63. The normalized spacial score (nSPS) is 29.4. The molecule has 7 heavy (non-hydrogen) atoms. The molecule has 0 aromatic carbocycles. The molecule has 0 aliphatic heterocycles. The highest BCUT2D eigenvalue weighted by Crippen LogP contribution is 1.96. The van der Waals surface area contributed by atoms with Crippen LogP contribution in [0.15, 0.2) is 0 Å². The van der Waals surface area contributed by atoms with E-state index < -0.39 is 32.0 Å². The zero-order valence-corrected chi connectivity index (χ0v) is 3.56. The third-order valence-electron chi connectivity index (χ3n) is 0.328. The van der Waals surface area contributed by atoms with Crippen molar-refractivity contribution in [3.05, 3.63) is 0 Å². The molecule has 0 rings (SSSR count). The lowest BCUT2D eigenvalue weighted by Gasteiger charge is -1.94. The maximum absolute atomic E-state index is 10.3. The molecule has 0 amide bonds. The van der Waals surface area contributed by atoms with E-state index in [1.165, 1.54) is 0 Å². The molecule has 0 aliphatic carbocycles. The molecule has 42 valence electrons. The smallest absolute Gasteiger partial charge is 0.303 e. The van der Waals surface area contributed by atoms with Crippen molar-refractivity contribution < 1.29 is 19.5 Å². The van der Waals surface area contributed by atoms with Gasteiger partial charge >= 0.3 is 5.97 Å². The highest BCUT2D eigenvalue weighted by atomic mass is 16.4. The molecule has 0 aromatic rings. The molecule has 1 N–H and O–H groups in total. The zero-order valence-electron chi connectivity index (χ0n) is 10.6. The monoisotopic (exact) mass is 109 g/mol. The van der Waals surface area contributed by atoms with Crippen molar-refractivity contribution in [1.29, 1.82) is 0 Å². The van der Waals surface area contributed by atoms with Gasteiger partial charge in [-0.05, 0) is 5.89 Å². The highest BCUT2D eigenvalue weighted by Gasteiger charge is 1.98. The van der Waals surface area contributed by atoms with Crippen LogP contribution in [0.5, 0.6) is 0 Å². The van der Waals surface area contributed by atoms with Gasteiger partial charge in [0.2, 0.25) is 0 Å². The van der Waals surface area contributed by atoms with Gasteiger partial charge in [0.05, 0.1) is 0 Å². The van der Waals surface area contributed by atoms with Crippen molar-refractivity contribution >= 4 is 5.97 Å².